The Kier molecular flexibility index (Phi) is 25.8. The van der Waals surface area contributed by atoms with Gasteiger partial charge in [0.1, 0.15) is 6.10 Å². The summed E-state index contributed by atoms with van der Waals surface area (Å²) in [7, 11) is 0. The number of unbranched alkanes of at least 4 members (excludes halogenated alkanes) is 5. The number of hydrogen-bond donors (Lipinski definition) is 1. The summed E-state index contributed by atoms with van der Waals surface area (Å²) in [5.41, 5.74) is 0. The third-order valence-electron chi connectivity index (χ3n) is 5.13. The molecule has 0 spiro atoms. The second kappa shape index (κ2) is 27.3. The van der Waals surface area contributed by atoms with Crippen molar-refractivity contribution >= 4 is 5.97 Å². The molecule has 0 aromatic heterocycles. The van der Waals surface area contributed by atoms with Crippen LogP contribution in [-0.2, 0) is 14.3 Å². The minimum Gasteiger partial charge on any atom is -0.457 e. The molecule has 0 bridgehead atoms. The van der Waals surface area contributed by atoms with Crippen LogP contribution in [0.4, 0.5) is 0 Å². The van der Waals surface area contributed by atoms with Crippen LogP contribution in [-0.4, -0.2) is 37.0 Å². The van der Waals surface area contributed by atoms with Crippen LogP contribution in [0.25, 0.3) is 0 Å². The topological polar surface area (TPSA) is 55.8 Å². The highest BCUT2D eigenvalue weighted by Crippen LogP contribution is 2.08. The van der Waals surface area contributed by atoms with E-state index < -0.39 is 6.10 Å². The van der Waals surface area contributed by atoms with E-state index in [1.165, 1.54) is 25.7 Å². The number of ether oxygens (including phenoxy) is 2. The molecule has 0 aliphatic carbocycles. The standard InChI is InChI=1S/C30H50O4/c1-3-5-7-9-11-12-13-14-15-16-17-18-19-20-22-24-26-33-28-29(27-31)34-30(32)25-23-21-10-8-6-4-2/h5,7,11-12,14-15,17-18,20,22,29,31H,3-4,6,8-10,13,16,19,21,23-28H2,1-2H3/b7-5-,12-11-,15-14-,18-17-,22-20-. The molecule has 0 rings (SSSR count). The highest BCUT2D eigenvalue weighted by atomic mass is 16.6. The van der Waals surface area contributed by atoms with Gasteiger partial charge in [0.2, 0.25) is 0 Å². The summed E-state index contributed by atoms with van der Waals surface area (Å²) in [5.74, 6) is -0.240. The quantitative estimate of drug-likeness (QED) is 0.0932. The Balaban J connectivity index is 3.66. The largest absolute Gasteiger partial charge is 0.457 e. The number of carbonyl (C=O) groups excluding carboxylic acids is 1. The fourth-order valence-corrected chi connectivity index (χ4v) is 3.15. The van der Waals surface area contributed by atoms with Gasteiger partial charge in [-0.3, -0.25) is 4.79 Å². The normalized spacial score (nSPS) is 13.4. The number of hydrogen-bond acceptors (Lipinski definition) is 4. The lowest BCUT2D eigenvalue weighted by molar-refractivity contribution is -0.154. The third-order valence-corrected chi connectivity index (χ3v) is 5.13. The molecule has 0 amide bonds. The number of aliphatic hydroxyl groups excluding tert-OH is 1. The maximum atomic E-state index is 11.9. The summed E-state index contributed by atoms with van der Waals surface area (Å²) in [6.07, 6.45) is 34.2. The molecule has 0 aliphatic heterocycles. The molecule has 194 valence electrons. The number of aliphatic hydroxyl groups is 1. The predicted octanol–water partition coefficient (Wildman–Crippen LogP) is 7.80. The van der Waals surface area contributed by atoms with Crippen molar-refractivity contribution in [2.45, 2.75) is 103 Å². The number of carbonyl (C=O) groups is 1. The lowest BCUT2D eigenvalue weighted by Gasteiger charge is -2.15. The van der Waals surface area contributed by atoms with Gasteiger partial charge in [-0.2, -0.15) is 0 Å². The van der Waals surface area contributed by atoms with Gasteiger partial charge in [0, 0.05) is 6.42 Å². The van der Waals surface area contributed by atoms with Gasteiger partial charge in [-0.25, -0.2) is 0 Å². The van der Waals surface area contributed by atoms with E-state index in [1.54, 1.807) is 0 Å². The van der Waals surface area contributed by atoms with Crippen molar-refractivity contribution in [2.75, 3.05) is 19.8 Å². The highest BCUT2D eigenvalue weighted by molar-refractivity contribution is 5.69. The average Bonchev–Trinajstić information content (AvgIpc) is 2.84. The van der Waals surface area contributed by atoms with Gasteiger partial charge in [-0.15, -0.1) is 0 Å². The van der Waals surface area contributed by atoms with Gasteiger partial charge in [0.25, 0.3) is 0 Å². The Morgan fingerprint density at radius 3 is 1.82 bits per heavy atom. The minimum absolute atomic E-state index is 0.204. The molecule has 0 radical (unpaired) electrons. The van der Waals surface area contributed by atoms with E-state index in [-0.39, 0.29) is 19.2 Å². The molecule has 1 unspecified atom stereocenters. The molecule has 1 N–H and O–H groups in total. The first-order valence-corrected chi connectivity index (χ1v) is 13.4. The van der Waals surface area contributed by atoms with Crippen LogP contribution in [0.1, 0.15) is 97.3 Å². The SMILES string of the molecule is CC/C=C\C/C=C\C/C=C\C/C=C\C/C=C\CCOCC(CO)OC(=O)CCCCCCCC. The first-order valence-electron chi connectivity index (χ1n) is 13.4. The van der Waals surface area contributed by atoms with Gasteiger partial charge in [0.05, 0.1) is 19.8 Å². The Labute approximate surface area is 209 Å². The molecule has 0 aromatic carbocycles. The second-order valence-electron chi connectivity index (χ2n) is 8.38. The van der Waals surface area contributed by atoms with E-state index in [1.807, 2.05) is 0 Å². The minimum atomic E-state index is -0.569. The molecule has 34 heavy (non-hydrogen) atoms. The van der Waals surface area contributed by atoms with Crippen molar-refractivity contribution in [1.29, 1.82) is 0 Å². The van der Waals surface area contributed by atoms with Crippen LogP contribution in [0.2, 0.25) is 0 Å². The Bertz CT molecular complexity index is 587. The Morgan fingerprint density at radius 2 is 1.26 bits per heavy atom. The Hall–Kier alpha value is -1.91. The molecule has 0 aliphatic rings. The predicted molar refractivity (Wildman–Crippen MR) is 145 cm³/mol. The molecule has 0 aromatic rings. The third kappa shape index (κ3) is 24.7. The molecule has 0 saturated heterocycles. The van der Waals surface area contributed by atoms with E-state index in [0.29, 0.717) is 13.0 Å². The van der Waals surface area contributed by atoms with E-state index in [0.717, 1.165) is 51.4 Å². The van der Waals surface area contributed by atoms with Crippen molar-refractivity contribution < 1.29 is 19.4 Å². The summed E-state index contributed by atoms with van der Waals surface area (Å²) in [4.78, 5) is 11.9. The van der Waals surface area contributed by atoms with Gasteiger partial charge in [0.15, 0.2) is 0 Å². The van der Waals surface area contributed by atoms with Gasteiger partial charge < -0.3 is 14.6 Å². The number of rotatable bonds is 23. The van der Waals surface area contributed by atoms with E-state index in [2.05, 4.69) is 74.6 Å². The molecule has 0 saturated carbocycles. The Morgan fingerprint density at radius 1 is 0.735 bits per heavy atom. The van der Waals surface area contributed by atoms with Crippen molar-refractivity contribution in [2.24, 2.45) is 0 Å². The van der Waals surface area contributed by atoms with Crippen LogP contribution >= 0.6 is 0 Å². The average molecular weight is 475 g/mol. The summed E-state index contributed by atoms with van der Waals surface area (Å²) in [5, 5.41) is 9.40. The summed E-state index contributed by atoms with van der Waals surface area (Å²) in [6.45, 7) is 4.93. The summed E-state index contributed by atoms with van der Waals surface area (Å²) >= 11 is 0. The zero-order valence-corrected chi connectivity index (χ0v) is 21.8. The summed E-state index contributed by atoms with van der Waals surface area (Å²) in [6, 6.07) is 0. The van der Waals surface area contributed by atoms with Crippen LogP contribution in [0.3, 0.4) is 0 Å². The smallest absolute Gasteiger partial charge is 0.306 e. The number of allylic oxidation sites excluding steroid dienone is 9. The first-order chi connectivity index (χ1) is 16.7. The van der Waals surface area contributed by atoms with Gasteiger partial charge >= 0.3 is 5.97 Å². The molecule has 4 heteroatoms. The van der Waals surface area contributed by atoms with E-state index in [4.69, 9.17) is 9.47 Å². The van der Waals surface area contributed by atoms with Crippen LogP contribution < -0.4 is 0 Å². The van der Waals surface area contributed by atoms with Crippen molar-refractivity contribution in [3.8, 4) is 0 Å². The highest BCUT2D eigenvalue weighted by Gasteiger charge is 2.13. The maximum absolute atomic E-state index is 11.9. The fourth-order valence-electron chi connectivity index (χ4n) is 3.15. The van der Waals surface area contributed by atoms with Crippen LogP contribution in [0.5, 0.6) is 0 Å². The molecule has 0 heterocycles. The van der Waals surface area contributed by atoms with Crippen LogP contribution in [0.15, 0.2) is 60.8 Å². The molecular weight excluding hydrogens is 424 g/mol. The second-order valence-corrected chi connectivity index (χ2v) is 8.38. The zero-order valence-electron chi connectivity index (χ0n) is 21.8. The van der Waals surface area contributed by atoms with Crippen molar-refractivity contribution in [3.05, 3.63) is 60.8 Å². The van der Waals surface area contributed by atoms with E-state index >= 15 is 0 Å². The van der Waals surface area contributed by atoms with E-state index in [9.17, 15) is 9.90 Å². The molecule has 0 fully saturated rings. The number of esters is 1. The lowest BCUT2D eigenvalue weighted by Crippen LogP contribution is -2.27. The fraction of sp³-hybridized carbons (Fsp3) is 0.633. The van der Waals surface area contributed by atoms with Crippen molar-refractivity contribution in [1.82, 2.24) is 0 Å². The maximum Gasteiger partial charge on any atom is 0.306 e. The molecule has 4 nitrogen and oxygen atoms in total. The summed E-state index contributed by atoms with van der Waals surface area (Å²) < 4.78 is 10.9. The zero-order chi connectivity index (χ0) is 25.0. The van der Waals surface area contributed by atoms with Crippen molar-refractivity contribution in [3.63, 3.8) is 0 Å². The first kappa shape index (κ1) is 32.1. The molecule has 1 atom stereocenters. The monoisotopic (exact) mass is 474 g/mol. The lowest BCUT2D eigenvalue weighted by atomic mass is 10.1. The van der Waals surface area contributed by atoms with Gasteiger partial charge in [-0.1, -0.05) is 107 Å². The van der Waals surface area contributed by atoms with Gasteiger partial charge in [-0.05, 0) is 44.9 Å². The van der Waals surface area contributed by atoms with Crippen LogP contribution in [0, 0.1) is 0 Å². The molecular formula is C30H50O4.